The Hall–Kier alpha value is -1.06. The van der Waals surface area contributed by atoms with Crippen molar-refractivity contribution in [3.63, 3.8) is 0 Å². The lowest BCUT2D eigenvalue weighted by molar-refractivity contribution is 0.181. The largest absolute Gasteiger partial charge is 0.496 e. The molecule has 2 rings (SSSR count). The predicted octanol–water partition coefficient (Wildman–Crippen LogP) is 2.35. The summed E-state index contributed by atoms with van der Waals surface area (Å²) in [7, 11) is 1.71. The van der Waals surface area contributed by atoms with Gasteiger partial charge in [0.25, 0.3) is 0 Å². The zero-order valence-corrected chi connectivity index (χ0v) is 10.8. The summed E-state index contributed by atoms with van der Waals surface area (Å²) in [5, 5.41) is 0. The average molecular weight is 235 g/mol. The maximum atomic E-state index is 6.31. The van der Waals surface area contributed by atoms with Crippen molar-refractivity contribution in [2.75, 3.05) is 20.3 Å². The zero-order valence-electron chi connectivity index (χ0n) is 10.8. The van der Waals surface area contributed by atoms with Crippen molar-refractivity contribution < 1.29 is 9.47 Å². The summed E-state index contributed by atoms with van der Waals surface area (Å²) in [6.45, 7) is 5.75. The molecule has 2 unspecified atom stereocenters. The van der Waals surface area contributed by atoms with Crippen molar-refractivity contribution in [3.8, 4) is 5.75 Å². The van der Waals surface area contributed by atoms with E-state index in [1.54, 1.807) is 7.11 Å². The van der Waals surface area contributed by atoms with Crippen molar-refractivity contribution in [1.29, 1.82) is 0 Å². The molecule has 1 saturated heterocycles. The van der Waals surface area contributed by atoms with Gasteiger partial charge in [0, 0.05) is 18.6 Å². The second-order valence-electron chi connectivity index (χ2n) is 4.84. The fraction of sp³-hybridized carbons (Fsp3) is 0.571. The van der Waals surface area contributed by atoms with Crippen LogP contribution in [0.3, 0.4) is 0 Å². The molecule has 3 heteroatoms. The molecule has 0 amide bonds. The van der Waals surface area contributed by atoms with Crippen LogP contribution in [0, 0.1) is 19.8 Å². The van der Waals surface area contributed by atoms with Crippen LogP contribution in [0.4, 0.5) is 0 Å². The van der Waals surface area contributed by atoms with Crippen LogP contribution in [0.15, 0.2) is 12.1 Å². The minimum Gasteiger partial charge on any atom is -0.496 e. The summed E-state index contributed by atoms with van der Waals surface area (Å²) in [5.41, 5.74) is 9.80. The van der Waals surface area contributed by atoms with Gasteiger partial charge in [-0.2, -0.15) is 0 Å². The van der Waals surface area contributed by atoms with Gasteiger partial charge < -0.3 is 15.2 Å². The maximum Gasteiger partial charge on any atom is 0.124 e. The van der Waals surface area contributed by atoms with Gasteiger partial charge >= 0.3 is 0 Å². The van der Waals surface area contributed by atoms with E-state index in [0.717, 1.165) is 36.5 Å². The number of aryl methyl sites for hydroxylation is 2. The van der Waals surface area contributed by atoms with Crippen LogP contribution >= 0.6 is 0 Å². The second-order valence-corrected chi connectivity index (χ2v) is 4.84. The molecule has 0 bridgehead atoms. The molecule has 1 aromatic rings. The Morgan fingerprint density at radius 1 is 1.35 bits per heavy atom. The van der Waals surface area contributed by atoms with Crippen LogP contribution in [0.5, 0.6) is 5.75 Å². The number of rotatable bonds is 3. The Morgan fingerprint density at radius 3 is 2.47 bits per heavy atom. The quantitative estimate of drug-likeness (QED) is 0.874. The number of methoxy groups -OCH3 is 1. The Bertz CT molecular complexity index is 374. The van der Waals surface area contributed by atoms with E-state index >= 15 is 0 Å². The summed E-state index contributed by atoms with van der Waals surface area (Å²) in [5.74, 6) is 1.41. The van der Waals surface area contributed by atoms with E-state index in [1.165, 1.54) is 5.56 Å². The molecule has 2 atom stereocenters. The molecule has 0 aromatic heterocycles. The van der Waals surface area contributed by atoms with Crippen molar-refractivity contribution in [1.82, 2.24) is 0 Å². The molecular formula is C14H21NO2. The molecule has 3 nitrogen and oxygen atoms in total. The lowest BCUT2D eigenvalue weighted by atomic mass is 9.91. The van der Waals surface area contributed by atoms with Gasteiger partial charge in [0.05, 0.1) is 13.7 Å². The van der Waals surface area contributed by atoms with Gasteiger partial charge in [-0.3, -0.25) is 0 Å². The Labute approximate surface area is 103 Å². The van der Waals surface area contributed by atoms with E-state index in [1.807, 2.05) is 0 Å². The van der Waals surface area contributed by atoms with E-state index in [0.29, 0.717) is 5.92 Å². The van der Waals surface area contributed by atoms with Crippen LogP contribution in [-0.2, 0) is 4.74 Å². The SMILES string of the molecule is COc1c(C)cc(C(N)C2CCOC2)cc1C. The smallest absolute Gasteiger partial charge is 0.124 e. The van der Waals surface area contributed by atoms with Gasteiger partial charge in [0.15, 0.2) is 0 Å². The molecule has 0 spiro atoms. The minimum atomic E-state index is 0.0702. The predicted molar refractivity (Wildman–Crippen MR) is 68.3 cm³/mol. The first-order valence-electron chi connectivity index (χ1n) is 6.12. The molecule has 0 radical (unpaired) electrons. The van der Waals surface area contributed by atoms with Gasteiger partial charge in [-0.1, -0.05) is 12.1 Å². The number of nitrogens with two attached hydrogens (primary N) is 1. The van der Waals surface area contributed by atoms with E-state index in [4.69, 9.17) is 15.2 Å². The standard InChI is InChI=1S/C14H21NO2/c1-9-6-12(7-10(2)14(9)16-3)13(15)11-4-5-17-8-11/h6-7,11,13H,4-5,8,15H2,1-3H3. The monoisotopic (exact) mass is 235 g/mol. The Morgan fingerprint density at radius 2 is 2.00 bits per heavy atom. The molecule has 1 aromatic carbocycles. The minimum absolute atomic E-state index is 0.0702. The second kappa shape index (κ2) is 5.07. The topological polar surface area (TPSA) is 44.5 Å². The third-order valence-corrected chi connectivity index (χ3v) is 3.54. The highest BCUT2D eigenvalue weighted by atomic mass is 16.5. The summed E-state index contributed by atoms with van der Waals surface area (Å²) >= 11 is 0. The van der Waals surface area contributed by atoms with Gasteiger partial charge in [0.2, 0.25) is 0 Å². The van der Waals surface area contributed by atoms with Gasteiger partial charge in [-0.15, -0.1) is 0 Å². The fourth-order valence-electron chi connectivity index (χ4n) is 2.61. The molecule has 0 aliphatic carbocycles. The number of benzene rings is 1. The Balaban J connectivity index is 2.26. The van der Waals surface area contributed by atoms with Crippen LogP contribution in [0.2, 0.25) is 0 Å². The van der Waals surface area contributed by atoms with Gasteiger partial charge in [-0.25, -0.2) is 0 Å². The number of hydrogen-bond donors (Lipinski definition) is 1. The third kappa shape index (κ3) is 2.45. The average Bonchev–Trinajstić information content (AvgIpc) is 2.81. The molecular weight excluding hydrogens is 214 g/mol. The van der Waals surface area contributed by atoms with E-state index in [-0.39, 0.29) is 6.04 Å². The van der Waals surface area contributed by atoms with E-state index in [2.05, 4.69) is 26.0 Å². The van der Waals surface area contributed by atoms with Crippen molar-refractivity contribution in [3.05, 3.63) is 28.8 Å². The summed E-state index contributed by atoms with van der Waals surface area (Å²) < 4.78 is 10.8. The summed E-state index contributed by atoms with van der Waals surface area (Å²) in [6.07, 6.45) is 1.06. The normalized spacial score (nSPS) is 21.5. The van der Waals surface area contributed by atoms with Crippen LogP contribution in [-0.4, -0.2) is 20.3 Å². The highest BCUT2D eigenvalue weighted by Gasteiger charge is 2.24. The van der Waals surface area contributed by atoms with Crippen molar-refractivity contribution in [2.45, 2.75) is 26.3 Å². The van der Waals surface area contributed by atoms with Crippen molar-refractivity contribution in [2.24, 2.45) is 11.7 Å². The Kier molecular flexibility index (Phi) is 3.69. The van der Waals surface area contributed by atoms with E-state index in [9.17, 15) is 0 Å². The number of ether oxygens (including phenoxy) is 2. The molecule has 94 valence electrons. The maximum absolute atomic E-state index is 6.31. The van der Waals surface area contributed by atoms with Gasteiger partial charge in [0.1, 0.15) is 5.75 Å². The molecule has 1 heterocycles. The molecule has 1 aliphatic rings. The highest BCUT2D eigenvalue weighted by Crippen LogP contribution is 2.31. The summed E-state index contributed by atoms with van der Waals surface area (Å²) in [6, 6.07) is 4.34. The fourth-order valence-corrected chi connectivity index (χ4v) is 2.61. The molecule has 1 aliphatic heterocycles. The molecule has 17 heavy (non-hydrogen) atoms. The molecule has 1 fully saturated rings. The van der Waals surface area contributed by atoms with Crippen LogP contribution in [0.25, 0.3) is 0 Å². The summed E-state index contributed by atoms with van der Waals surface area (Å²) in [4.78, 5) is 0. The van der Waals surface area contributed by atoms with Crippen LogP contribution in [0.1, 0.15) is 29.2 Å². The lowest BCUT2D eigenvalue weighted by Crippen LogP contribution is -2.21. The van der Waals surface area contributed by atoms with Gasteiger partial charge in [-0.05, 0) is 37.0 Å². The lowest BCUT2D eigenvalue weighted by Gasteiger charge is -2.20. The van der Waals surface area contributed by atoms with E-state index < -0.39 is 0 Å². The molecule has 2 N–H and O–H groups in total. The van der Waals surface area contributed by atoms with Crippen molar-refractivity contribution >= 4 is 0 Å². The first-order chi connectivity index (χ1) is 8.13. The number of hydrogen-bond acceptors (Lipinski definition) is 3. The highest BCUT2D eigenvalue weighted by molar-refractivity contribution is 5.44. The first-order valence-corrected chi connectivity index (χ1v) is 6.12. The third-order valence-electron chi connectivity index (χ3n) is 3.54. The zero-order chi connectivity index (χ0) is 12.4. The van der Waals surface area contributed by atoms with Crippen LogP contribution < -0.4 is 10.5 Å². The molecule has 0 saturated carbocycles. The first kappa shape index (κ1) is 12.4.